The van der Waals surface area contributed by atoms with E-state index in [0.29, 0.717) is 24.4 Å². The van der Waals surface area contributed by atoms with E-state index < -0.39 is 6.29 Å². The highest BCUT2D eigenvalue weighted by Crippen LogP contribution is 2.38. The fourth-order valence-corrected chi connectivity index (χ4v) is 6.02. The zero-order chi connectivity index (χ0) is 31.7. The van der Waals surface area contributed by atoms with E-state index in [4.69, 9.17) is 14.2 Å². The number of amides is 2. The number of likely N-dealkylation sites (tertiary alicyclic amines) is 1. The van der Waals surface area contributed by atoms with E-state index in [2.05, 4.69) is 15.5 Å². The minimum absolute atomic E-state index is 0.00173. The first-order chi connectivity index (χ1) is 22.6. The van der Waals surface area contributed by atoms with Gasteiger partial charge in [-0.15, -0.1) is 0 Å². The topological polar surface area (TPSA) is 113 Å². The van der Waals surface area contributed by atoms with Crippen molar-refractivity contribution < 1.29 is 29.2 Å². The quantitative estimate of drug-likeness (QED) is 0.155. The van der Waals surface area contributed by atoms with Crippen LogP contribution in [-0.2, 0) is 22.6 Å². The van der Waals surface area contributed by atoms with E-state index in [0.717, 1.165) is 53.9 Å². The number of hydrogen-bond donors (Lipinski definition) is 4. The van der Waals surface area contributed by atoms with Crippen LogP contribution in [0.2, 0.25) is 0 Å². The van der Waals surface area contributed by atoms with E-state index in [-0.39, 0.29) is 37.5 Å². The molecule has 2 aliphatic heterocycles. The highest BCUT2D eigenvalue weighted by atomic mass is 16.7. The maximum Gasteiger partial charge on any atom is 0.319 e. The fraction of sp³-hybridized carbons (Fsp3) is 0.324. The van der Waals surface area contributed by atoms with Crippen LogP contribution in [0, 0.1) is 0 Å². The Hall–Kier alpha value is -4.25. The predicted molar refractivity (Wildman–Crippen MR) is 175 cm³/mol. The second-order valence-corrected chi connectivity index (χ2v) is 11.8. The largest absolute Gasteiger partial charge is 0.457 e. The molecule has 0 radical (unpaired) electrons. The fourth-order valence-electron chi connectivity index (χ4n) is 6.02. The molecular formula is C37H41N3O6. The van der Waals surface area contributed by atoms with E-state index >= 15 is 0 Å². The van der Waals surface area contributed by atoms with Crippen molar-refractivity contribution in [2.45, 2.75) is 57.0 Å². The monoisotopic (exact) mass is 623 g/mol. The molecule has 4 atom stereocenters. The molecule has 6 rings (SSSR count). The van der Waals surface area contributed by atoms with Gasteiger partial charge < -0.3 is 35.1 Å². The molecule has 2 saturated heterocycles. The number of para-hydroxylation sites is 1. The molecule has 240 valence electrons. The lowest BCUT2D eigenvalue weighted by Crippen LogP contribution is -2.42. The molecule has 2 heterocycles. The zero-order valence-corrected chi connectivity index (χ0v) is 25.8. The van der Waals surface area contributed by atoms with Crippen LogP contribution in [0.5, 0.6) is 11.5 Å². The average molecular weight is 624 g/mol. The summed E-state index contributed by atoms with van der Waals surface area (Å²) in [4.78, 5) is 14.9. The Balaban J connectivity index is 1.05. The van der Waals surface area contributed by atoms with Crippen molar-refractivity contribution in [3.05, 3.63) is 125 Å². The molecule has 0 unspecified atom stereocenters. The van der Waals surface area contributed by atoms with Crippen LogP contribution in [0.25, 0.3) is 0 Å². The van der Waals surface area contributed by atoms with Crippen LogP contribution in [0.3, 0.4) is 0 Å². The lowest BCUT2D eigenvalue weighted by Gasteiger charge is -2.38. The molecule has 0 bridgehead atoms. The third kappa shape index (κ3) is 8.31. The lowest BCUT2D eigenvalue weighted by atomic mass is 9.99. The molecule has 4 aromatic carbocycles. The summed E-state index contributed by atoms with van der Waals surface area (Å²) in [6.07, 6.45) is 1.97. The van der Waals surface area contributed by atoms with E-state index in [9.17, 15) is 15.0 Å². The Morgan fingerprint density at radius 3 is 2.24 bits per heavy atom. The Bertz CT molecular complexity index is 1530. The summed E-state index contributed by atoms with van der Waals surface area (Å²) in [6.45, 7) is 2.19. The zero-order valence-electron chi connectivity index (χ0n) is 25.8. The Morgan fingerprint density at radius 1 is 0.826 bits per heavy atom. The summed E-state index contributed by atoms with van der Waals surface area (Å²) in [5.74, 6) is 1.44. The number of hydrogen-bond acceptors (Lipinski definition) is 7. The van der Waals surface area contributed by atoms with Crippen molar-refractivity contribution in [1.29, 1.82) is 0 Å². The summed E-state index contributed by atoms with van der Waals surface area (Å²) in [6, 6.07) is 32.4. The van der Waals surface area contributed by atoms with Gasteiger partial charge in [0.05, 0.1) is 25.4 Å². The van der Waals surface area contributed by atoms with Crippen molar-refractivity contribution >= 4 is 11.7 Å². The molecule has 4 N–H and O–H groups in total. The summed E-state index contributed by atoms with van der Waals surface area (Å²) in [7, 11) is 0. The van der Waals surface area contributed by atoms with Gasteiger partial charge in [0.25, 0.3) is 0 Å². The van der Waals surface area contributed by atoms with Gasteiger partial charge in [0.1, 0.15) is 11.5 Å². The molecule has 9 nitrogen and oxygen atoms in total. The third-order valence-corrected chi connectivity index (χ3v) is 8.56. The molecule has 0 aliphatic carbocycles. The number of carbonyl (C=O) groups is 1. The van der Waals surface area contributed by atoms with Gasteiger partial charge in [-0.1, -0.05) is 66.7 Å². The Morgan fingerprint density at radius 2 is 1.52 bits per heavy atom. The average Bonchev–Trinajstić information content (AvgIpc) is 3.56. The minimum Gasteiger partial charge on any atom is -0.457 e. The number of nitrogens with one attached hydrogen (secondary N) is 2. The highest BCUT2D eigenvalue weighted by molar-refractivity contribution is 5.89. The van der Waals surface area contributed by atoms with E-state index in [1.54, 1.807) is 12.1 Å². The second kappa shape index (κ2) is 15.4. The van der Waals surface area contributed by atoms with Crippen LogP contribution in [0.4, 0.5) is 10.5 Å². The number of benzene rings is 4. The van der Waals surface area contributed by atoms with Gasteiger partial charge in [0.2, 0.25) is 0 Å². The van der Waals surface area contributed by atoms with Crippen molar-refractivity contribution in [2.24, 2.45) is 0 Å². The molecule has 2 amide bonds. The van der Waals surface area contributed by atoms with Crippen molar-refractivity contribution in [1.82, 2.24) is 10.2 Å². The van der Waals surface area contributed by atoms with E-state index in [1.807, 2.05) is 91.0 Å². The molecular weight excluding hydrogens is 582 g/mol. The van der Waals surface area contributed by atoms with Gasteiger partial charge in [0, 0.05) is 36.8 Å². The predicted octanol–water partition coefficient (Wildman–Crippen LogP) is 6.30. The number of aliphatic hydroxyl groups is 2. The number of rotatable bonds is 11. The van der Waals surface area contributed by atoms with Gasteiger partial charge >= 0.3 is 6.03 Å². The Labute approximate surface area is 269 Å². The first kappa shape index (κ1) is 31.7. The maximum atomic E-state index is 12.6. The molecule has 46 heavy (non-hydrogen) atoms. The van der Waals surface area contributed by atoms with Crippen molar-refractivity contribution in [3.63, 3.8) is 0 Å². The van der Waals surface area contributed by atoms with Gasteiger partial charge in [-0.25, -0.2) is 4.79 Å². The van der Waals surface area contributed by atoms with Crippen LogP contribution in [0.1, 0.15) is 53.9 Å². The van der Waals surface area contributed by atoms with Gasteiger partial charge in [-0.3, -0.25) is 4.90 Å². The molecule has 0 spiro atoms. The molecule has 0 aromatic heterocycles. The van der Waals surface area contributed by atoms with E-state index in [1.165, 1.54) is 0 Å². The SMILES string of the molecule is O=C(NCc1ccc([C@H]2O[C@@H](CN3CCC[C@H]3CO)C[C@@H](c3ccc(CO)cc3)O2)cc1)Nc1ccc(Oc2ccccc2)cc1. The summed E-state index contributed by atoms with van der Waals surface area (Å²) < 4.78 is 18.8. The highest BCUT2D eigenvalue weighted by Gasteiger charge is 2.35. The third-order valence-electron chi connectivity index (χ3n) is 8.56. The van der Waals surface area contributed by atoms with Gasteiger partial charge in [0.15, 0.2) is 6.29 Å². The first-order valence-corrected chi connectivity index (χ1v) is 15.9. The number of urea groups is 1. The van der Waals surface area contributed by atoms with Crippen LogP contribution < -0.4 is 15.4 Å². The number of aliphatic hydroxyl groups excluding tert-OH is 2. The molecule has 9 heteroatoms. The minimum atomic E-state index is -0.560. The summed E-state index contributed by atoms with van der Waals surface area (Å²) >= 11 is 0. The van der Waals surface area contributed by atoms with Crippen molar-refractivity contribution in [2.75, 3.05) is 25.0 Å². The molecule has 4 aromatic rings. The normalized spacial score (nSPS) is 21.5. The summed E-state index contributed by atoms with van der Waals surface area (Å²) in [5, 5.41) is 25.1. The molecule has 2 aliphatic rings. The standard InChI is InChI=1S/C37H41N3O6/c41-24-27-10-12-28(13-11-27)35-21-34(23-40-20-4-5-31(40)25-42)45-36(46-35)29-14-8-26(9-15-29)22-38-37(43)39-30-16-18-33(19-17-30)44-32-6-2-1-3-7-32/h1-3,6-19,31,34-36,41-42H,4-5,20-25H2,(H2,38,39,43)/t31-,34+,35-,36-/m0/s1. The van der Waals surface area contributed by atoms with Crippen LogP contribution in [-0.4, -0.2) is 53.0 Å². The van der Waals surface area contributed by atoms with Gasteiger partial charge in [-0.2, -0.15) is 0 Å². The van der Waals surface area contributed by atoms with Gasteiger partial charge in [-0.05, 0) is 72.5 Å². The van der Waals surface area contributed by atoms with Crippen LogP contribution in [0.15, 0.2) is 103 Å². The number of nitrogens with zero attached hydrogens (tertiary/aromatic N) is 1. The smallest absolute Gasteiger partial charge is 0.319 e. The molecule has 0 saturated carbocycles. The second-order valence-electron chi connectivity index (χ2n) is 11.8. The first-order valence-electron chi connectivity index (χ1n) is 15.9. The number of ether oxygens (including phenoxy) is 3. The van der Waals surface area contributed by atoms with Crippen molar-refractivity contribution in [3.8, 4) is 11.5 Å². The number of anilines is 1. The molecule has 2 fully saturated rings. The maximum absolute atomic E-state index is 12.6. The number of carbonyl (C=O) groups excluding carboxylic acids is 1. The lowest BCUT2D eigenvalue weighted by molar-refractivity contribution is -0.253. The Kier molecular flexibility index (Phi) is 10.6. The van der Waals surface area contributed by atoms with Crippen LogP contribution >= 0.6 is 0 Å². The summed E-state index contributed by atoms with van der Waals surface area (Å²) in [5.41, 5.74) is 4.40.